The first kappa shape index (κ1) is 14.8. The van der Waals surface area contributed by atoms with Crippen molar-refractivity contribution in [3.05, 3.63) is 0 Å². The van der Waals surface area contributed by atoms with Crippen molar-refractivity contribution < 1.29 is 19.5 Å². The molecular formula is C14H22N2O4. The number of hydrogen-bond acceptors (Lipinski definition) is 3. The number of carbonyl (C=O) groups excluding carboxylic acids is 2. The average Bonchev–Trinajstić information content (AvgIpc) is 2.83. The van der Waals surface area contributed by atoms with Crippen LogP contribution < -0.4 is 5.32 Å². The quantitative estimate of drug-likeness (QED) is 0.690. The van der Waals surface area contributed by atoms with E-state index < -0.39 is 29.4 Å². The molecule has 1 unspecified atom stereocenters. The summed E-state index contributed by atoms with van der Waals surface area (Å²) in [5.74, 6) is -2.22. The largest absolute Gasteiger partial charge is 0.480 e. The Morgan fingerprint density at radius 3 is 2.40 bits per heavy atom. The third kappa shape index (κ3) is 2.78. The number of hydrogen-bond donors (Lipinski definition) is 2. The number of carboxylic acid groups (broad SMARTS) is 1. The van der Waals surface area contributed by atoms with E-state index in [-0.39, 0.29) is 11.8 Å². The minimum atomic E-state index is -1.00. The van der Waals surface area contributed by atoms with E-state index in [2.05, 4.69) is 5.32 Å². The zero-order chi connectivity index (χ0) is 15.1. The second-order valence-electron chi connectivity index (χ2n) is 6.80. The molecule has 1 heterocycles. The molecule has 2 amide bonds. The number of carbonyl (C=O) groups is 3. The normalized spacial score (nSPS) is 29.1. The predicted octanol–water partition coefficient (Wildman–Crippen LogP) is 0.613. The minimum absolute atomic E-state index is 0.00103. The van der Waals surface area contributed by atoms with Crippen LogP contribution in [0.2, 0.25) is 0 Å². The van der Waals surface area contributed by atoms with Crippen LogP contribution in [0.1, 0.15) is 40.0 Å². The summed E-state index contributed by atoms with van der Waals surface area (Å²) in [5.41, 5.74) is -0.513. The molecule has 6 heteroatoms. The number of aliphatic carboxylic acids is 1. The van der Waals surface area contributed by atoms with Crippen LogP contribution >= 0.6 is 0 Å². The molecule has 0 spiro atoms. The lowest BCUT2D eigenvalue weighted by molar-refractivity contribution is -0.154. The van der Waals surface area contributed by atoms with Gasteiger partial charge in [0, 0.05) is 12.1 Å². The zero-order valence-electron chi connectivity index (χ0n) is 12.2. The Kier molecular flexibility index (Phi) is 3.75. The van der Waals surface area contributed by atoms with Crippen LogP contribution in [0.4, 0.5) is 0 Å². The Bertz CT molecular complexity index is 441. The highest BCUT2D eigenvalue weighted by molar-refractivity contribution is 6.35. The smallest absolute Gasteiger partial charge is 0.326 e. The summed E-state index contributed by atoms with van der Waals surface area (Å²) in [4.78, 5) is 36.8. The molecule has 0 radical (unpaired) electrons. The zero-order valence-corrected chi connectivity index (χ0v) is 12.2. The van der Waals surface area contributed by atoms with Crippen LogP contribution in [0.5, 0.6) is 0 Å². The first-order valence-electron chi connectivity index (χ1n) is 7.06. The van der Waals surface area contributed by atoms with E-state index in [1.807, 2.05) is 0 Å². The van der Waals surface area contributed by atoms with Crippen LogP contribution in [-0.4, -0.2) is 45.9 Å². The number of carboxylic acids is 1. The fraction of sp³-hybridized carbons (Fsp3) is 0.786. The fourth-order valence-corrected chi connectivity index (χ4v) is 3.36. The summed E-state index contributed by atoms with van der Waals surface area (Å²) in [5, 5.41) is 12.0. The molecule has 2 aliphatic rings. The Labute approximate surface area is 118 Å². The van der Waals surface area contributed by atoms with Gasteiger partial charge in [0.15, 0.2) is 0 Å². The van der Waals surface area contributed by atoms with Crippen LogP contribution in [0, 0.1) is 11.8 Å². The molecule has 0 aromatic carbocycles. The van der Waals surface area contributed by atoms with Gasteiger partial charge in [-0.15, -0.1) is 0 Å². The Morgan fingerprint density at radius 2 is 1.85 bits per heavy atom. The molecule has 0 aromatic rings. The van der Waals surface area contributed by atoms with E-state index in [1.165, 1.54) is 4.90 Å². The molecule has 1 saturated heterocycles. The summed E-state index contributed by atoms with van der Waals surface area (Å²) in [6.45, 7) is 5.74. The maximum absolute atomic E-state index is 12.2. The molecule has 1 saturated carbocycles. The monoisotopic (exact) mass is 282 g/mol. The molecule has 6 nitrogen and oxygen atoms in total. The predicted molar refractivity (Wildman–Crippen MR) is 71.9 cm³/mol. The second kappa shape index (κ2) is 5.07. The second-order valence-corrected chi connectivity index (χ2v) is 6.80. The number of nitrogens with one attached hydrogen (secondary N) is 1. The first-order chi connectivity index (χ1) is 9.20. The fourth-order valence-electron chi connectivity index (χ4n) is 3.36. The molecule has 0 bridgehead atoms. The maximum atomic E-state index is 12.2. The van der Waals surface area contributed by atoms with Gasteiger partial charge in [-0.1, -0.05) is 6.42 Å². The Morgan fingerprint density at radius 1 is 1.20 bits per heavy atom. The molecule has 112 valence electrons. The molecule has 2 fully saturated rings. The highest BCUT2D eigenvalue weighted by Crippen LogP contribution is 2.42. The maximum Gasteiger partial charge on any atom is 0.326 e. The standard InChI is InChI=1S/C14H22N2O4/c1-14(2,3)15-11(17)12(18)16-7-8-5-4-6-9(8)10(16)13(19)20/h8-10H,4-7H2,1-3H3,(H,15,17)(H,19,20)/t8?,9-,10-/m0/s1. The molecule has 1 aliphatic heterocycles. The van der Waals surface area contributed by atoms with Crippen LogP contribution in [0.25, 0.3) is 0 Å². The third-order valence-corrected chi connectivity index (χ3v) is 4.09. The van der Waals surface area contributed by atoms with Crippen molar-refractivity contribution in [2.45, 2.75) is 51.6 Å². The van der Waals surface area contributed by atoms with Gasteiger partial charge in [0.25, 0.3) is 0 Å². The van der Waals surface area contributed by atoms with E-state index >= 15 is 0 Å². The number of likely N-dealkylation sites (tertiary alicyclic amines) is 1. The van der Waals surface area contributed by atoms with Gasteiger partial charge in [-0.2, -0.15) is 0 Å². The highest BCUT2D eigenvalue weighted by Gasteiger charge is 2.50. The lowest BCUT2D eigenvalue weighted by Crippen LogP contribution is -2.52. The lowest BCUT2D eigenvalue weighted by Gasteiger charge is -2.26. The van der Waals surface area contributed by atoms with E-state index in [0.717, 1.165) is 19.3 Å². The summed E-state index contributed by atoms with van der Waals surface area (Å²) in [6, 6.07) is -0.847. The highest BCUT2D eigenvalue weighted by atomic mass is 16.4. The van der Waals surface area contributed by atoms with E-state index in [1.54, 1.807) is 20.8 Å². The number of amides is 2. The van der Waals surface area contributed by atoms with Crippen LogP contribution in [-0.2, 0) is 14.4 Å². The van der Waals surface area contributed by atoms with Gasteiger partial charge in [0.05, 0.1) is 0 Å². The molecular weight excluding hydrogens is 260 g/mol. The molecule has 3 atom stereocenters. The van der Waals surface area contributed by atoms with Crippen LogP contribution in [0.3, 0.4) is 0 Å². The average molecular weight is 282 g/mol. The van der Waals surface area contributed by atoms with E-state index in [9.17, 15) is 19.5 Å². The third-order valence-electron chi connectivity index (χ3n) is 4.09. The first-order valence-corrected chi connectivity index (χ1v) is 7.06. The number of rotatable bonds is 1. The van der Waals surface area contributed by atoms with Gasteiger partial charge < -0.3 is 15.3 Å². The van der Waals surface area contributed by atoms with Crippen molar-refractivity contribution in [3.63, 3.8) is 0 Å². The number of nitrogens with zero attached hydrogens (tertiary/aromatic N) is 1. The lowest BCUT2D eigenvalue weighted by atomic mass is 9.94. The van der Waals surface area contributed by atoms with Crippen molar-refractivity contribution in [2.24, 2.45) is 11.8 Å². The van der Waals surface area contributed by atoms with Gasteiger partial charge in [-0.05, 0) is 45.4 Å². The van der Waals surface area contributed by atoms with Crippen molar-refractivity contribution in [3.8, 4) is 0 Å². The summed E-state index contributed by atoms with van der Waals surface area (Å²) < 4.78 is 0. The molecule has 1 aliphatic carbocycles. The molecule has 20 heavy (non-hydrogen) atoms. The van der Waals surface area contributed by atoms with Gasteiger partial charge >= 0.3 is 17.8 Å². The van der Waals surface area contributed by atoms with Gasteiger partial charge in [0.2, 0.25) is 0 Å². The summed E-state index contributed by atoms with van der Waals surface area (Å²) in [7, 11) is 0. The molecule has 0 aromatic heterocycles. The van der Waals surface area contributed by atoms with E-state index in [4.69, 9.17) is 0 Å². The molecule has 2 rings (SSSR count). The minimum Gasteiger partial charge on any atom is -0.480 e. The topological polar surface area (TPSA) is 86.7 Å². The van der Waals surface area contributed by atoms with E-state index in [0.29, 0.717) is 6.54 Å². The number of fused-ring (bicyclic) bond motifs is 1. The van der Waals surface area contributed by atoms with Crippen LogP contribution in [0.15, 0.2) is 0 Å². The van der Waals surface area contributed by atoms with Crippen molar-refractivity contribution in [1.82, 2.24) is 10.2 Å². The van der Waals surface area contributed by atoms with Gasteiger partial charge in [0.1, 0.15) is 6.04 Å². The summed E-state index contributed by atoms with van der Waals surface area (Å²) in [6.07, 6.45) is 2.78. The van der Waals surface area contributed by atoms with Crippen molar-refractivity contribution >= 4 is 17.8 Å². The van der Waals surface area contributed by atoms with Gasteiger partial charge in [-0.3, -0.25) is 9.59 Å². The Hall–Kier alpha value is -1.59. The molecule has 2 N–H and O–H groups in total. The van der Waals surface area contributed by atoms with Gasteiger partial charge in [-0.25, -0.2) is 4.79 Å². The van der Waals surface area contributed by atoms with Crippen molar-refractivity contribution in [2.75, 3.05) is 6.54 Å². The van der Waals surface area contributed by atoms with Crippen molar-refractivity contribution in [1.29, 1.82) is 0 Å². The Balaban J connectivity index is 2.13. The SMILES string of the molecule is CC(C)(C)NC(=O)C(=O)N1CC2CCC[C@@H]2[C@H]1C(=O)O. The summed E-state index contributed by atoms with van der Waals surface area (Å²) >= 11 is 0.